The first-order valence-corrected chi connectivity index (χ1v) is 10.3. The van der Waals surface area contributed by atoms with Crippen molar-refractivity contribution in [2.45, 2.75) is 0 Å². The summed E-state index contributed by atoms with van der Waals surface area (Å²) in [7, 11) is 3.07. The molecule has 0 spiro atoms. The summed E-state index contributed by atoms with van der Waals surface area (Å²) in [5.74, 6) is 0.614. The summed E-state index contributed by atoms with van der Waals surface area (Å²) < 4.78 is 10.7. The summed E-state index contributed by atoms with van der Waals surface area (Å²) in [5, 5.41) is 1.20. The van der Waals surface area contributed by atoms with Gasteiger partial charge in [0.25, 0.3) is 5.56 Å². The average Bonchev–Trinajstić information content (AvgIpc) is 2.82. The van der Waals surface area contributed by atoms with Crippen LogP contribution in [0.4, 0.5) is 0 Å². The molecule has 0 radical (unpaired) electrons. The Kier molecular flexibility index (Phi) is 6.10. The van der Waals surface area contributed by atoms with Gasteiger partial charge in [-0.2, -0.15) is 0 Å². The van der Waals surface area contributed by atoms with E-state index in [1.54, 1.807) is 49.6 Å². The van der Waals surface area contributed by atoms with Crippen molar-refractivity contribution in [3.63, 3.8) is 0 Å². The summed E-state index contributed by atoms with van der Waals surface area (Å²) in [4.78, 5) is 29.1. The Balaban J connectivity index is 1.90. The molecule has 1 aromatic heterocycles. The number of carbonyl (C=O) groups excluding carboxylic acids is 1. The Morgan fingerprint density at radius 3 is 2.47 bits per heavy atom. The maximum absolute atomic E-state index is 13.3. The number of H-pyrrole nitrogens is 1. The van der Waals surface area contributed by atoms with Gasteiger partial charge >= 0.3 is 0 Å². The highest BCUT2D eigenvalue weighted by atomic mass is 35.5. The van der Waals surface area contributed by atoms with E-state index < -0.39 is 11.3 Å². The molecule has 0 unspecified atom stereocenters. The third-order valence-electron chi connectivity index (χ3n) is 5.13. The van der Waals surface area contributed by atoms with Crippen molar-refractivity contribution in [3.8, 4) is 22.6 Å². The van der Waals surface area contributed by atoms with Gasteiger partial charge in [-0.3, -0.25) is 9.59 Å². The lowest BCUT2D eigenvalue weighted by Gasteiger charge is -2.12. The van der Waals surface area contributed by atoms with Gasteiger partial charge in [0.05, 0.1) is 19.8 Å². The third-order valence-corrected chi connectivity index (χ3v) is 5.37. The summed E-state index contributed by atoms with van der Waals surface area (Å²) in [5.41, 5.74) is 2.13. The number of hydrogen-bond donors (Lipinski definition) is 1. The van der Waals surface area contributed by atoms with E-state index in [1.165, 1.54) is 13.2 Å². The summed E-state index contributed by atoms with van der Waals surface area (Å²) >= 11 is 6.24. The van der Waals surface area contributed by atoms with E-state index in [9.17, 15) is 9.59 Å². The van der Waals surface area contributed by atoms with E-state index in [0.717, 1.165) is 5.56 Å². The van der Waals surface area contributed by atoms with Crippen molar-refractivity contribution < 1.29 is 14.3 Å². The number of fused-ring (bicyclic) bond motifs is 1. The van der Waals surface area contributed by atoms with Crippen LogP contribution in [0.5, 0.6) is 11.5 Å². The van der Waals surface area contributed by atoms with E-state index in [2.05, 4.69) is 4.98 Å². The van der Waals surface area contributed by atoms with Gasteiger partial charge in [-0.15, -0.1) is 0 Å². The van der Waals surface area contributed by atoms with Crippen molar-refractivity contribution >= 4 is 34.4 Å². The fourth-order valence-corrected chi connectivity index (χ4v) is 3.87. The van der Waals surface area contributed by atoms with Crippen LogP contribution in [-0.2, 0) is 0 Å². The number of methoxy groups -OCH3 is 2. The normalized spacial score (nSPS) is 11.1. The van der Waals surface area contributed by atoms with Gasteiger partial charge in [0.2, 0.25) is 0 Å². The molecular formula is C26H20ClNO4. The van der Waals surface area contributed by atoms with Crippen molar-refractivity contribution in [2.75, 3.05) is 14.2 Å². The molecule has 0 amide bonds. The van der Waals surface area contributed by atoms with Crippen LogP contribution in [-0.4, -0.2) is 25.0 Å². The molecule has 0 aliphatic heterocycles. The number of aromatic amines is 1. The third kappa shape index (κ3) is 4.03. The zero-order valence-corrected chi connectivity index (χ0v) is 18.3. The molecule has 160 valence electrons. The van der Waals surface area contributed by atoms with Gasteiger partial charge in [-0.25, -0.2) is 0 Å². The molecular weight excluding hydrogens is 426 g/mol. The summed E-state index contributed by atoms with van der Waals surface area (Å²) in [6.45, 7) is 0. The second-order valence-electron chi connectivity index (χ2n) is 7.04. The largest absolute Gasteiger partial charge is 0.493 e. The molecule has 0 aliphatic carbocycles. The molecule has 1 N–H and O–H groups in total. The summed E-state index contributed by atoms with van der Waals surface area (Å²) in [6.07, 6.45) is 2.98. The quantitative estimate of drug-likeness (QED) is 0.302. The smallest absolute Gasteiger partial charge is 0.260 e. The van der Waals surface area contributed by atoms with Gasteiger partial charge in [0, 0.05) is 27.1 Å². The molecule has 0 aliphatic rings. The number of para-hydroxylation sites is 1. The first-order chi connectivity index (χ1) is 15.5. The highest BCUT2D eigenvalue weighted by molar-refractivity contribution is 6.31. The van der Waals surface area contributed by atoms with Gasteiger partial charge in [-0.1, -0.05) is 54.1 Å². The number of pyridine rings is 1. The van der Waals surface area contributed by atoms with Crippen LogP contribution < -0.4 is 15.0 Å². The second kappa shape index (κ2) is 9.12. The van der Waals surface area contributed by atoms with E-state index in [4.69, 9.17) is 21.1 Å². The minimum atomic E-state index is -0.467. The Hall–Kier alpha value is -3.83. The number of allylic oxidation sites excluding steroid dienone is 1. The SMILES string of the molecule is COc1cccc(/C=C/C(=O)c2c(-c3ccccc3)c3cc(Cl)ccc3[nH]c2=O)c1OC. The number of benzene rings is 3. The Morgan fingerprint density at radius 1 is 0.969 bits per heavy atom. The predicted molar refractivity (Wildman–Crippen MR) is 128 cm³/mol. The van der Waals surface area contributed by atoms with Crippen LogP contribution >= 0.6 is 11.6 Å². The van der Waals surface area contributed by atoms with Crippen LogP contribution in [0.1, 0.15) is 15.9 Å². The number of ketones is 1. The van der Waals surface area contributed by atoms with Crippen LogP contribution in [0, 0.1) is 0 Å². The zero-order chi connectivity index (χ0) is 22.7. The van der Waals surface area contributed by atoms with E-state index in [0.29, 0.717) is 38.6 Å². The summed E-state index contributed by atoms with van der Waals surface area (Å²) in [6, 6.07) is 19.9. The van der Waals surface area contributed by atoms with Crippen LogP contribution in [0.2, 0.25) is 5.02 Å². The number of halogens is 1. The molecule has 0 saturated carbocycles. The maximum atomic E-state index is 13.3. The van der Waals surface area contributed by atoms with Crippen molar-refractivity contribution in [1.29, 1.82) is 0 Å². The number of ether oxygens (including phenoxy) is 2. The number of rotatable bonds is 6. The lowest BCUT2D eigenvalue weighted by atomic mass is 9.94. The average molecular weight is 446 g/mol. The highest BCUT2D eigenvalue weighted by Gasteiger charge is 2.19. The lowest BCUT2D eigenvalue weighted by Crippen LogP contribution is -2.18. The zero-order valence-electron chi connectivity index (χ0n) is 17.5. The molecule has 4 rings (SSSR count). The first kappa shape index (κ1) is 21.4. The molecule has 0 fully saturated rings. The second-order valence-corrected chi connectivity index (χ2v) is 7.48. The highest BCUT2D eigenvalue weighted by Crippen LogP contribution is 2.33. The Morgan fingerprint density at radius 2 is 1.75 bits per heavy atom. The van der Waals surface area contributed by atoms with Crippen molar-refractivity contribution in [1.82, 2.24) is 4.98 Å². The fourth-order valence-electron chi connectivity index (χ4n) is 3.70. The van der Waals surface area contributed by atoms with Gasteiger partial charge in [0.1, 0.15) is 0 Å². The van der Waals surface area contributed by atoms with E-state index in [-0.39, 0.29) is 5.56 Å². The van der Waals surface area contributed by atoms with Gasteiger partial charge in [0.15, 0.2) is 17.3 Å². The molecule has 32 heavy (non-hydrogen) atoms. The molecule has 4 aromatic rings. The lowest BCUT2D eigenvalue weighted by molar-refractivity contribution is 0.104. The number of carbonyl (C=O) groups is 1. The molecule has 1 heterocycles. The number of nitrogens with one attached hydrogen (secondary N) is 1. The molecule has 0 atom stereocenters. The molecule has 0 saturated heterocycles. The molecule has 0 bridgehead atoms. The van der Waals surface area contributed by atoms with E-state index >= 15 is 0 Å². The van der Waals surface area contributed by atoms with Crippen LogP contribution in [0.15, 0.2) is 77.6 Å². The monoisotopic (exact) mass is 445 g/mol. The Labute approximate surface area is 189 Å². The molecule has 3 aromatic carbocycles. The van der Waals surface area contributed by atoms with Crippen molar-refractivity contribution in [3.05, 3.63) is 99.3 Å². The number of hydrogen-bond acceptors (Lipinski definition) is 4. The van der Waals surface area contributed by atoms with Gasteiger partial charge in [-0.05, 0) is 42.0 Å². The standard InChI is InChI=1S/C26H20ClNO4/c1-31-22-10-6-9-17(25(22)32-2)11-14-21(29)24-23(16-7-4-3-5-8-16)19-15-18(27)12-13-20(19)28-26(24)30/h3-15H,1-2H3,(H,28,30)/b14-11+. The predicted octanol–water partition coefficient (Wildman–Crippen LogP) is 5.76. The maximum Gasteiger partial charge on any atom is 0.260 e. The van der Waals surface area contributed by atoms with Crippen LogP contribution in [0.3, 0.4) is 0 Å². The fraction of sp³-hybridized carbons (Fsp3) is 0.0769. The first-order valence-electron chi connectivity index (χ1n) is 9.88. The van der Waals surface area contributed by atoms with Gasteiger partial charge < -0.3 is 14.5 Å². The van der Waals surface area contributed by atoms with Crippen molar-refractivity contribution in [2.24, 2.45) is 0 Å². The van der Waals surface area contributed by atoms with E-state index in [1.807, 2.05) is 30.3 Å². The Bertz CT molecular complexity index is 1390. The number of aromatic nitrogens is 1. The van der Waals surface area contributed by atoms with Crippen LogP contribution in [0.25, 0.3) is 28.1 Å². The topological polar surface area (TPSA) is 68.4 Å². The minimum absolute atomic E-state index is 0.0454. The minimum Gasteiger partial charge on any atom is -0.493 e. The molecule has 6 heteroatoms. The molecule has 5 nitrogen and oxygen atoms in total.